The van der Waals surface area contributed by atoms with Crippen LogP contribution in [0.2, 0.25) is 0 Å². The molecule has 0 aliphatic carbocycles. The van der Waals surface area contributed by atoms with Gasteiger partial charge in [0.15, 0.2) is 5.03 Å². The van der Waals surface area contributed by atoms with Crippen molar-refractivity contribution in [2.24, 2.45) is 7.05 Å². The lowest BCUT2D eigenvalue weighted by Gasteiger charge is -2.21. The number of hydrogen-bond acceptors (Lipinski definition) is 3. The van der Waals surface area contributed by atoms with Gasteiger partial charge < -0.3 is 4.57 Å². The molecule has 0 bridgehead atoms. The van der Waals surface area contributed by atoms with Crippen LogP contribution >= 0.6 is 0 Å². The second-order valence-electron chi connectivity index (χ2n) is 4.62. The van der Waals surface area contributed by atoms with Crippen molar-refractivity contribution in [1.29, 1.82) is 0 Å². The Morgan fingerprint density at radius 2 is 1.81 bits per heavy atom. The van der Waals surface area contributed by atoms with Gasteiger partial charge in [0.05, 0.1) is 0 Å². The molecule has 1 N–H and O–H groups in total. The lowest BCUT2D eigenvalue weighted by Crippen LogP contribution is -2.42. The Morgan fingerprint density at radius 1 is 1.25 bits per heavy atom. The molecule has 1 aromatic rings. The van der Waals surface area contributed by atoms with E-state index in [1.165, 1.54) is 25.2 Å². The second-order valence-corrected chi connectivity index (χ2v) is 6.25. The zero-order chi connectivity index (χ0) is 12.6. The van der Waals surface area contributed by atoms with Crippen molar-refractivity contribution < 1.29 is 8.42 Å². The number of sulfonamides is 1. The van der Waals surface area contributed by atoms with Crippen LogP contribution in [-0.2, 0) is 17.1 Å². The molecule has 0 spiro atoms. The molecule has 0 aliphatic heterocycles. The van der Waals surface area contributed by atoms with Gasteiger partial charge >= 0.3 is 0 Å². The normalized spacial score (nSPS) is 12.8. The van der Waals surface area contributed by atoms with Crippen molar-refractivity contribution in [3.8, 4) is 0 Å². The molecule has 0 saturated heterocycles. The molecular weight excluding hydrogens is 228 g/mol. The molecule has 6 heteroatoms. The molecular formula is C10H16N2O3S. The zero-order valence-electron chi connectivity index (χ0n) is 9.81. The van der Waals surface area contributed by atoms with E-state index in [4.69, 9.17) is 0 Å². The molecule has 1 aromatic heterocycles. The van der Waals surface area contributed by atoms with Crippen molar-refractivity contribution in [2.75, 3.05) is 0 Å². The predicted molar refractivity (Wildman–Crippen MR) is 61.8 cm³/mol. The van der Waals surface area contributed by atoms with Gasteiger partial charge in [-0.1, -0.05) is 6.07 Å². The number of pyridine rings is 1. The van der Waals surface area contributed by atoms with Crippen molar-refractivity contribution in [1.82, 2.24) is 9.29 Å². The van der Waals surface area contributed by atoms with E-state index in [9.17, 15) is 13.2 Å². The number of aromatic nitrogens is 1. The van der Waals surface area contributed by atoms with Crippen LogP contribution < -0.4 is 10.3 Å². The summed E-state index contributed by atoms with van der Waals surface area (Å²) >= 11 is 0. The fourth-order valence-corrected chi connectivity index (χ4v) is 2.89. The van der Waals surface area contributed by atoms with Gasteiger partial charge in [0.1, 0.15) is 0 Å². The predicted octanol–water partition coefficient (Wildman–Crippen LogP) is 0.462. The van der Waals surface area contributed by atoms with Gasteiger partial charge in [0, 0.05) is 18.7 Å². The standard InChI is InChI=1S/C10H16N2O3S/c1-10(2,3)11-16(14,15)9-7-5-6-8(13)12(9)4/h5-7,11H,1-4H3. The molecule has 16 heavy (non-hydrogen) atoms. The van der Waals surface area contributed by atoms with Crippen molar-refractivity contribution in [3.05, 3.63) is 28.6 Å². The van der Waals surface area contributed by atoms with Crippen LogP contribution in [0.3, 0.4) is 0 Å². The molecule has 0 saturated carbocycles. The van der Waals surface area contributed by atoms with Crippen LogP contribution in [-0.4, -0.2) is 18.5 Å². The molecule has 0 aliphatic rings. The minimum atomic E-state index is -3.66. The third-order valence-electron chi connectivity index (χ3n) is 1.85. The quantitative estimate of drug-likeness (QED) is 0.822. The van der Waals surface area contributed by atoms with Gasteiger partial charge in [-0.3, -0.25) is 4.79 Å². The van der Waals surface area contributed by atoms with E-state index in [1.807, 2.05) is 0 Å². The van der Waals surface area contributed by atoms with Crippen LogP contribution in [0, 0.1) is 0 Å². The highest BCUT2D eigenvalue weighted by Crippen LogP contribution is 2.09. The summed E-state index contributed by atoms with van der Waals surface area (Å²) in [6.45, 7) is 5.22. The van der Waals surface area contributed by atoms with Crippen molar-refractivity contribution in [2.45, 2.75) is 31.3 Å². The van der Waals surface area contributed by atoms with E-state index in [2.05, 4.69) is 4.72 Å². The summed E-state index contributed by atoms with van der Waals surface area (Å²) in [5.41, 5.74) is -0.929. The first-order valence-corrected chi connectivity index (χ1v) is 6.32. The highest BCUT2D eigenvalue weighted by molar-refractivity contribution is 7.89. The van der Waals surface area contributed by atoms with E-state index >= 15 is 0 Å². The summed E-state index contributed by atoms with van der Waals surface area (Å²) in [5, 5.41) is -0.0325. The maximum absolute atomic E-state index is 12.0. The summed E-state index contributed by atoms with van der Waals surface area (Å²) in [5.74, 6) is 0. The molecule has 5 nitrogen and oxygen atoms in total. The van der Waals surface area contributed by atoms with Crippen LogP contribution in [0.4, 0.5) is 0 Å². The zero-order valence-corrected chi connectivity index (χ0v) is 10.6. The first-order valence-electron chi connectivity index (χ1n) is 4.83. The maximum atomic E-state index is 12.0. The highest BCUT2D eigenvalue weighted by atomic mass is 32.2. The SMILES string of the molecule is Cn1c(S(=O)(=O)NC(C)(C)C)cccc1=O. The minimum absolute atomic E-state index is 0.0325. The molecule has 0 amide bonds. The van der Waals surface area contributed by atoms with Crippen molar-refractivity contribution >= 4 is 10.0 Å². The summed E-state index contributed by atoms with van der Waals surface area (Å²) < 4.78 is 27.5. The van der Waals surface area contributed by atoms with Crippen LogP contribution in [0.15, 0.2) is 28.0 Å². The first-order chi connectivity index (χ1) is 7.13. The van der Waals surface area contributed by atoms with E-state index in [-0.39, 0.29) is 10.6 Å². The molecule has 0 aromatic carbocycles. The fourth-order valence-electron chi connectivity index (χ4n) is 1.27. The summed E-state index contributed by atoms with van der Waals surface area (Å²) in [4.78, 5) is 11.3. The Labute approximate surface area is 95.2 Å². The van der Waals surface area contributed by atoms with Gasteiger partial charge in [0.25, 0.3) is 15.6 Å². The fraction of sp³-hybridized carbons (Fsp3) is 0.500. The van der Waals surface area contributed by atoms with E-state index in [1.54, 1.807) is 20.8 Å². The molecule has 0 unspecified atom stereocenters. The van der Waals surface area contributed by atoms with E-state index < -0.39 is 15.6 Å². The molecule has 0 atom stereocenters. The van der Waals surface area contributed by atoms with E-state index in [0.29, 0.717) is 0 Å². The molecule has 1 rings (SSSR count). The van der Waals surface area contributed by atoms with Gasteiger partial charge in [0.2, 0.25) is 0 Å². The number of nitrogens with zero attached hydrogens (tertiary/aromatic N) is 1. The lowest BCUT2D eigenvalue weighted by atomic mass is 10.1. The largest absolute Gasteiger partial charge is 0.301 e. The molecule has 0 fully saturated rings. The number of nitrogens with one attached hydrogen (secondary N) is 1. The molecule has 0 radical (unpaired) electrons. The van der Waals surface area contributed by atoms with Crippen LogP contribution in [0.5, 0.6) is 0 Å². The van der Waals surface area contributed by atoms with Gasteiger partial charge in [-0.2, -0.15) is 0 Å². The second kappa shape index (κ2) is 4.03. The van der Waals surface area contributed by atoms with Gasteiger partial charge in [-0.05, 0) is 26.8 Å². The summed E-state index contributed by atoms with van der Waals surface area (Å²) in [7, 11) is -2.23. The highest BCUT2D eigenvalue weighted by Gasteiger charge is 2.23. The van der Waals surface area contributed by atoms with Crippen LogP contribution in [0.25, 0.3) is 0 Å². The van der Waals surface area contributed by atoms with Gasteiger partial charge in [-0.25, -0.2) is 13.1 Å². The number of hydrogen-bond donors (Lipinski definition) is 1. The average Bonchev–Trinajstić information content (AvgIpc) is 2.05. The van der Waals surface area contributed by atoms with Crippen LogP contribution in [0.1, 0.15) is 20.8 Å². The van der Waals surface area contributed by atoms with E-state index in [0.717, 1.165) is 4.57 Å². The Hall–Kier alpha value is -1.14. The smallest absolute Gasteiger partial charge is 0.256 e. The summed E-state index contributed by atoms with van der Waals surface area (Å²) in [6.07, 6.45) is 0. The van der Waals surface area contributed by atoms with Crippen molar-refractivity contribution in [3.63, 3.8) is 0 Å². The molecule has 1 heterocycles. The minimum Gasteiger partial charge on any atom is -0.301 e. The van der Waals surface area contributed by atoms with Gasteiger partial charge in [-0.15, -0.1) is 0 Å². The Morgan fingerprint density at radius 3 is 2.31 bits per heavy atom. The monoisotopic (exact) mass is 244 g/mol. The first kappa shape index (κ1) is 12.9. The Bertz CT molecular complexity index is 538. The molecule has 90 valence electrons. The third-order valence-corrected chi connectivity index (χ3v) is 3.70. The third kappa shape index (κ3) is 2.93. The summed E-state index contributed by atoms with van der Waals surface area (Å²) in [6, 6.07) is 4.14. The average molecular weight is 244 g/mol. The number of rotatable bonds is 2. The Balaban J connectivity index is 3.29. The maximum Gasteiger partial charge on any atom is 0.256 e. The topological polar surface area (TPSA) is 68.2 Å². The Kier molecular flexibility index (Phi) is 3.25. The lowest BCUT2D eigenvalue weighted by molar-refractivity contribution is 0.485.